The Morgan fingerprint density at radius 2 is 2.24 bits per heavy atom. The van der Waals surface area contributed by atoms with Gasteiger partial charge in [-0.2, -0.15) is 0 Å². The molecule has 0 fully saturated rings. The van der Waals surface area contributed by atoms with E-state index in [1.165, 1.54) is 6.39 Å². The van der Waals surface area contributed by atoms with E-state index >= 15 is 0 Å². The van der Waals surface area contributed by atoms with Gasteiger partial charge in [-0.05, 0) is 12.1 Å². The summed E-state index contributed by atoms with van der Waals surface area (Å²) < 4.78 is 7.08. The lowest BCUT2D eigenvalue weighted by molar-refractivity contribution is 0.476. The number of hydrogen-bond acceptors (Lipinski definition) is 5. The van der Waals surface area contributed by atoms with E-state index in [2.05, 4.69) is 20.5 Å². The SMILES string of the molecule is c1ccn2c(CNCc3cnco3)nnc2c1. The highest BCUT2D eigenvalue weighted by Crippen LogP contribution is 2.03. The summed E-state index contributed by atoms with van der Waals surface area (Å²) in [6.07, 6.45) is 5.05. The standard InChI is InChI=1S/C11H11N5O/c1-2-4-16-10(3-1)14-15-11(16)7-12-5-9-6-13-8-17-9/h1-4,6,8,12H,5,7H2. The van der Waals surface area contributed by atoms with Crippen molar-refractivity contribution in [3.63, 3.8) is 0 Å². The zero-order chi connectivity index (χ0) is 11.5. The minimum atomic E-state index is 0.627. The predicted molar refractivity (Wildman–Crippen MR) is 60.0 cm³/mol. The van der Waals surface area contributed by atoms with Crippen LogP contribution in [0, 0.1) is 0 Å². The Hall–Kier alpha value is -2.21. The van der Waals surface area contributed by atoms with Crippen molar-refractivity contribution in [1.82, 2.24) is 24.9 Å². The van der Waals surface area contributed by atoms with Crippen molar-refractivity contribution in [2.45, 2.75) is 13.1 Å². The third-order valence-electron chi connectivity index (χ3n) is 2.45. The van der Waals surface area contributed by atoms with E-state index in [0.29, 0.717) is 13.1 Å². The Morgan fingerprint density at radius 1 is 1.24 bits per heavy atom. The number of nitrogens with zero attached hydrogens (tertiary/aromatic N) is 4. The molecule has 0 bridgehead atoms. The summed E-state index contributed by atoms with van der Waals surface area (Å²) in [4.78, 5) is 3.85. The summed E-state index contributed by atoms with van der Waals surface area (Å²) in [6, 6.07) is 5.82. The van der Waals surface area contributed by atoms with Crippen molar-refractivity contribution < 1.29 is 4.42 Å². The second-order valence-corrected chi connectivity index (χ2v) is 3.62. The van der Waals surface area contributed by atoms with E-state index in [-0.39, 0.29) is 0 Å². The molecular formula is C11H11N5O. The van der Waals surface area contributed by atoms with Gasteiger partial charge in [-0.15, -0.1) is 10.2 Å². The highest BCUT2D eigenvalue weighted by molar-refractivity contribution is 5.36. The quantitative estimate of drug-likeness (QED) is 0.723. The van der Waals surface area contributed by atoms with Crippen LogP contribution in [-0.4, -0.2) is 19.6 Å². The van der Waals surface area contributed by atoms with Crippen LogP contribution in [0.5, 0.6) is 0 Å². The molecule has 86 valence electrons. The van der Waals surface area contributed by atoms with Gasteiger partial charge in [-0.3, -0.25) is 4.40 Å². The van der Waals surface area contributed by atoms with Gasteiger partial charge in [0.15, 0.2) is 17.9 Å². The van der Waals surface area contributed by atoms with Gasteiger partial charge in [0.25, 0.3) is 0 Å². The van der Waals surface area contributed by atoms with Gasteiger partial charge < -0.3 is 9.73 Å². The molecule has 1 N–H and O–H groups in total. The maximum atomic E-state index is 5.12. The van der Waals surface area contributed by atoms with Crippen molar-refractivity contribution in [2.75, 3.05) is 0 Å². The van der Waals surface area contributed by atoms with Crippen molar-refractivity contribution in [3.8, 4) is 0 Å². The highest BCUT2D eigenvalue weighted by atomic mass is 16.3. The average molecular weight is 229 g/mol. The second-order valence-electron chi connectivity index (χ2n) is 3.62. The summed E-state index contributed by atoms with van der Waals surface area (Å²) in [5.41, 5.74) is 0.851. The summed E-state index contributed by atoms with van der Waals surface area (Å²) in [6.45, 7) is 1.26. The Kier molecular flexibility index (Phi) is 2.55. The molecule has 0 aliphatic rings. The first-order chi connectivity index (χ1) is 8.43. The Balaban J connectivity index is 1.69. The van der Waals surface area contributed by atoms with Crippen molar-refractivity contribution in [2.24, 2.45) is 0 Å². The predicted octanol–water partition coefficient (Wildman–Crippen LogP) is 1.01. The van der Waals surface area contributed by atoms with Crippen molar-refractivity contribution in [1.29, 1.82) is 0 Å². The largest absolute Gasteiger partial charge is 0.447 e. The molecule has 0 radical (unpaired) electrons. The smallest absolute Gasteiger partial charge is 0.180 e. The van der Waals surface area contributed by atoms with Crippen LogP contribution >= 0.6 is 0 Å². The number of fused-ring (bicyclic) bond motifs is 1. The first kappa shape index (κ1) is 9.98. The van der Waals surface area contributed by atoms with Crippen molar-refractivity contribution >= 4 is 5.65 Å². The molecule has 6 nitrogen and oxygen atoms in total. The van der Waals surface area contributed by atoms with Crippen LogP contribution in [0.15, 0.2) is 41.4 Å². The lowest BCUT2D eigenvalue weighted by atomic mass is 10.4. The fourth-order valence-electron chi connectivity index (χ4n) is 1.64. The first-order valence-corrected chi connectivity index (χ1v) is 5.30. The van der Waals surface area contributed by atoms with Crippen LogP contribution in [-0.2, 0) is 13.1 Å². The molecule has 0 saturated carbocycles. The van der Waals surface area contributed by atoms with E-state index < -0.39 is 0 Å². The third kappa shape index (κ3) is 2.02. The number of hydrogen-bond donors (Lipinski definition) is 1. The second kappa shape index (κ2) is 4.34. The molecule has 3 aromatic heterocycles. The third-order valence-corrected chi connectivity index (χ3v) is 2.45. The van der Waals surface area contributed by atoms with E-state index in [0.717, 1.165) is 17.2 Å². The van der Waals surface area contributed by atoms with Crippen LogP contribution in [0.2, 0.25) is 0 Å². The monoisotopic (exact) mass is 229 g/mol. The number of nitrogens with one attached hydrogen (secondary N) is 1. The topological polar surface area (TPSA) is 68.2 Å². The molecule has 6 heteroatoms. The summed E-state index contributed by atoms with van der Waals surface area (Å²) >= 11 is 0. The zero-order valence-electron chi connectivity index (χ0n) is 9.08. The van der Waals surface area contributed by atoms with E-state index in [1.54, 1.807) is 6.20 Å². The molecule has 0 saturated heterocycles. The lowest BCUT2D eigenvalue weighted by Crippen LogP contribution is -2.14. The van der Waals surface area contributed by atoms with Crippen LogP contribution in [0.25, 0.3) is 5.65 Å². The molecular weight excluding hydrogens is 218 g/mol. The molecule has 0 spiro atoms. The van der Waals surface area contributed by atoms with E-state index in [4.69, 9.17) is 4.42 Å². The van der Waals surface area contributed by atoms with Gasteiger partial charge in [0.1, 0.15) is 5.76 Å². The molecule has 17 heavy (non-hydrogen) atoms. The van der Waals surface area contributed by atoms with Gasteiger partial charge in [0, 0.05) is 6.20 Å². The number of aromatic nitrogens is 4. The molecule has 0 amide bonds. The molecule has 3 heterocycles. The first-order valence-electron chi connectivity index (χ1n) is 5.30. The Labute approximate surface area is 97.3 Å². The summed E-state index contributed by atoms with van der Waals surface area (Å²) in [7, 11) is 0. The minimum Gasteiger partial charge on any atom is -0.447 e. The molecule has 0 atom stereocenters. The van der Waals surface area contributed by atoms with Crippen molar-refractivity contribution in [3.05, 3.63) is 48.6 Å². The number of rotatable bonds is 4. The lowest BCUT2D eigenvalue weighted by Gasteiger charge is -2.00. The number of oxazole rings is 1. The van der Waals surface area contributed by atoms with E-state index in [1.807, 2.05) is 28.8 Å². The van der Waals surface area contributed by atoms with Gasteiger partial charge in [-0.1, -0.05) is 6.07 Å². The zero-order valence-corrected chi connectivity index (χ0v) is 9.08. The molecule has 3 aromatic rings. The normalized spacial score (nSPS) is 11.1. The fraction of sp³-hybridized carbons (Fsp3) is 0.182. The van der Waals surface area contributed by atoms with E-state index in [9.17, 15) is 0 Å². The maximum Gasteiger partial charge on any atom is 0.180 e. The van der Waals surface area contributed by atoms with Crippen LogP contribution < -0.4 is 5.32 Å². The molecule has 0 aliphatic heterocycles. The molecule has 0 unspecified atom stereocenters. The van der Waals surface area contributed by atoms with Crippen LogP contribution in [0.4, 0.5) is 0 Å². The summed E-state index contributed by atoms with van der Waals surface area (Å²) in [5, 5.41) is 11.4. The molecule has 0 aliphatic carbocycles. The van der Waals surface area contributed by atoms with Gasteiger partial charge in [0.2, 0.25) is 0 Å². The van der Waals surface area contributed by atoms with Crippen LogP contribution in [0.3, 0.4) is 0 Å². The molecule has 0 aromatic carbocycles. The summed E-state index contributed by atoms with van der Waals surface area (Å²) in [5.74, 6) is 1.68. The minimum absolute atomic E-state index is 0.627. The van der Waals surface area contributed by atoms with Gasteiger partial charge >= 0.3 is 0 Å². The van der Waals surface area contributed by atoms with Gasteiger partial charge in [0.05, 0.1) is 19.3 Å². The Morgan fingerprint density at radius 3 is 3.12 bits per heavy atom. The maximum absolute atomic E-state index is 5.12. The number of pyridine rings is 1. The van der Waals surface area contributed by atoms with Gasteiger partial charge in [-0.25, -0.2) is 4.98 Å². The highest BCUT2D eigenvalue weighted by Gasteiger charge is 2.04. The fourth-order valence-corrected chi connectivity index (χ4v) is 1.64. The Bertz CT molecular complexity index is 601. The average Bonchev–Trinajstić information content (AvgIpc) is 2.99. The molecule has 3 rings (SSSR count). The van der Waals surface area contributed by atoms with Crippen LogP contribution in [0.1, 0.15) is 11.6 Å².